The van der Waals surface area contributed by atoms with Gasteiger partial charge in [-0.1, -0.05) is 103 Å². The monoisotopic (exact) mass is 610 g/mol. The van der Waals surface area contributed by atoms with Crippen LogP contribution in [0.2, 0.25) is 0 Å². The molecule has 0 aliphatic rings. The highest BCUT2D eigenvalue weighted by molar-refractivity contribution is 6.22. The van der Waals surface area contributed by atoms with Gasteiger partial charge < -0.3 is 0 Å². The van der Waals surface area contributed by atoms with Gasteiger partial charge in [-0.2, -0.15) is 5.26 Å². The molecule has 8 rings (SSSR count). The predicted molar refractivity (Wildman–Crippen MR) is 195 cm³/mol. The van der Waals surface area contributed by atoms with E-state index < -0.39 is 0 Å². The van der Waals surface area contributed by atoms with E-state index in [-0.39, 0.29) is 0 Å². The first-order valence-electron chi connectivity index (χ1n) is 15.7. The minimum atomic E-state index is 0.566. The molecular weight excluding hydrogens is 585 g/mol. The molecule has 2 heterocycles. The highest BCUT2D eigenvalue weighted by Crippen LogP contribution is 2.45. The molecule has 0 radical (unpaired) electrons. The van der Waals surface area contributed by atoms with E-state index in [0.717, 1.165) is 77.4 Å². The molecule has 0 aliphatic carbocycles. The lowest BCUT2D eigenvalue weighted by atomic mass is 9.84. The first-order valence-corrected chi connectivity index (χ1v) is 15.7. The zero-order valence-corrected chi connectivity index (χ0v) is 25.8. The van der Waals surface area contributed by atoms with Crippen molar-refractivity contribution in [3.63, 3.8) is 0 Å². The number of hydrogen-bond acceptors (Lipinski definition) is 3. The van der Waals surface area contributed by atoms with E-state index in [0.29, 0.717) is 11.3 Å². The number of nitrogens with zero attached hydrogens (tertiary/aromatic N) is 4. The van der Waals surface area contributed by atoms with E-state index >= 15 is 0 Å². The predicted octanol–water partition coefficient (Wildman–Crippen LogP) is 11.5. The van der Waals surface area contributed by atoms with Crippen LogP contribution in [-0.2, 0) is 0 Å². The Morgan fingerprint density at radius 2 is 1.02 bits per heavy atom. The van der Waals surface area contributed by atoms with E-state index in [1.807, 2.05) is 30.3 Å². The molecule has 48 heavy (non-hydrogen) atoms. The molecule has 0 amide bonds. The maximum atomic E-state index is 9.53. The second kappa shape index (κ2) is 12.1. The standard InChI is InChI=1S/C44H26N4/c1-46-36-20-22-48-42(27-36)33-12-8-13-34(25-33)43-37-15-5-6-16-38(37)44(40-26-31(17-18-39(40)43)30-9-3-2-4-10-30)35-14-7-11-32(24-35)41-23-29(28-45)19-21-47-41/h2-27H. The Bertz CT molecular complexity index is 2590. The van der Waals surface area contributed by atoms with Crippen molar-refractivity contribution in [2.24, 2.45) is 0 Å². The summed E-state index contributed by atoms with van der Waals surface area (Å²) in [6.07, 6.45) is 3.38. The normalized spacial score (nSPS) is 10.9. The molecule has 0 saturated carbocycles. The number of pyridine rings is 2. The van der Waals surface area contributed by atoms with Crippen molar-refractivity contribution >= 4 is 27.2 Å². The summed E-state index contributed by atoms with van der Waals surface area (Å²) in [5, 5.41) is 14.1. The van der Waals surface area contributed by atoms with Gasteiger partial charge in [-0.3, -0.25) is 9.97 Å². The Morgan fingerprint density at radius 3 is 1.69 bits per heavy atom. The fourth-order valence-electron chi connectivity index (χ4n) is 6.58. The van der Waals surface area contributed by atoms with Crippen LogP contribution in [-0.4, -0.2) is 9.97 Å². The lowest BCUT2D eigenvalue weighted by Crippen LogP contribution is -1.93. The Labute approximate surface area is 278 Å². The number of benzene rings is 6. The van der Waals surface area contributed by atoms with E-state index in [1.54, 1.807) is 24.5 Å². The minimum Gasteiger partial charge on any atom is -0.259 e. The van der Waals surface area contributed by atoms with E-state index in [2.05, 4.69) is 124 Å². The molecule has 222 valence electrons. The average Bonchev–Trinajstić information content (AvgIpc) is 3.17. The molecule has 8 aromatic rings. The van der Waals surface area contributed by atoms with Crippen LogP contribution >= 0.6 is 0 Å². The van der Waals surface area contributed by atoms with E-state index in [4.69, 9.17) is 6.57 Å². The molecule has 0 saturated heterocycles. The van der Waals surface area contributed by atoms with Crippen molar-refractivity contribution in [1.82, 2.24) is 9.97 Å². The number of nitriles is 1. The summed E-state index contributed by atoms with van der Waals surface area (Å²) >= 11 is 0. The summed E-state index contributed by atoms with van der Waals surface area (Å²) in [4.78, 5) is 12.8. The van der Waals surface area contributed by atoms with Gasteiger partial charge in [0, 0.05) is 18.0 Å². The lowest BCUT2D eigenvalue weighted by Gasteiger charge is -2.19. The van der Waals surface area contributed by atoms with Crippen LogP contribution in [0.4, 0.5) is 5.69 Å². The molecular formula is C44H26N4. The first kappa shape index (κ1) is 28.6. The SMILES string of the molecule is [C-]#[N+]c1ccnc(-c2cccc(-c3c4ccccc4c(-c4cccc(-c5cc(C#N)ccn5)c4)c4cc(-c5ccccc5)ccc34)c2)c1. The Morgan fingerprint density at radius 1 is 0.458 bits per heavy atom. The molecule has 6 aromatic carbocycles. The van der Waals surface area contributed by atoms with Crippen molar-refractivity contribution in [1.29, 1.82) is 5.26 Å². The molecule has 4 nitrogen and oxygen atoms in total. The number of hydrogen-bond donors (Lipinski definition) is 0. The lowest BCUT2D eigenvalue weighted by molar-refractivity contribution is 1.31. The Kier molecular flexibility index (Phi) is 7.23. The largest absolute Gasteiger partial charge is 0.259 e. The van der Waals surface area contributed by atoms with Crippen LogP contribution in [0.5, 0.6) is 0 Å². The third-order valence-corrected chi connectivity index (χ3v) is 8.79. The zero-order chi connectivity index (χ0) is 32.5. The Balaban J connectivity index is 1.42. The first-order chi connectivity index (χ1) is 23.7. The van der Waals surface area contributed by atoms with Crippen LogP contribution in [0.1, 0.15) is 5.56 Å². The molecule has 0 unspecified atom stereocenters. The molecule has 0 N–H and O–H groups in total. The summed E-state index contributed by atoms with van der Waals surface area (Å²) in [6.45, 7) is 7.49. The van der Waals surface area contributed by atoms with Crippen molar-refractivity contribution in [2.75, 3.05) is 0 Å². The fourth-order valence-corrected chi connectivity index (χ4v) is 6.58. The molecule has 4 heteroatoms. The van der Waals surface area contributed by atoms with Gasteiger partial charge in [0.25, 0.3) is 0 Å². The molecule has 2 aromatic heterocycles. The summed E-state index contributed by atoms with van der Waals surface area (Å²) < 4.78 is 0. The molecule has 0 bridgehead atoms. The topological polar surface area (TPSA) is 53.9 Å². The minimum absolute atomic E-state index is 0.566. The second-order valence-corrected chi connectivity index (χ2v) is 11.6. The quantitative estimate of drug-likeness (QED) is 0.144. The molecule has 0 atom stereocenters. The zero-order valence-electron chi connectivity index (χ0n) is 25.8. The highest BCUT2D eigenvalue weighted by atomic mass is 14.7. The summed E-state index contributed by atoms with van der Waals surface area (Å²) in [5.74, 6) is 0. The van der Waals surface area contributed by atoms with Crippen molar-refractivity contribution < 1.29 is 0 Å². The third kappa shape index (κ3) is 5.14. The van der Waals surface area contributed by atoms with Crippen LogP contribution in [0.3, 0.4) is 0 Å². The van der Waals surface area contributed by atoms with Gasteiger partial charge in [0.05, 0.1) is 29.6 Å². The average molecular weight is 611 g/mol. The van der Waals surface area contributed by atoms with Gasteiger partial charge in [-0.25, -0.2) is 4.85 Å². The van der Waals surface area contributed by atoms with Gasteiger partial charge >= 0.3 is 0 Å². The van der Waals surface area contributed by atoms with Gasteiger partial charge in [-0.05, 0) is 103 Å². The van der Waals surface area contributed by atoms with Gasteiger partial charge in [0.1, 0.15) is 0 Å². The number of rotatable bonds is 5. The van der Waals surface area contributed by atoms with Crippen LogP contribution in [0, 0.1) is 17.9 Å². The summed E-state index contributed by atoms with van der Waals surface area (Å²) in [7, 11) is 0. The van der Waals surface area contributed by atoms with Crippen LogP contribution in [0.25, 0.3) is 82.3 Å². The number of fused-ring (bicyclic) bond motifs is 2. The van der Waals surface area contributed by atoms with Gasteiger partial charge in [0.2, 0.25) is 0 Å². The van der Waals surface area contributed by atoms with Gasteiger partial charge in [0.15, 0.2) is 5.69 Å². The van der Waals surface area contributed by atoms with Crippen molar-refractivity contribution in [3.8, 4) is 62.0 Å². The summed E-state index contributed by atoms with van der Waals surface area (Å²) in [6, 6.07) is 52.1. The molecule has 0 aliphatic heterocycles. The maximum Gasteiger partial charge on any atom is 0.190 e. The maximum absolute atomic E-state index is 9.53. The number of aromatic nitrogens is 2. The van der Waals surface area contributed by atoms with Crippen molar-refractivity contribution in [3.05, 3.63) is 175 Å². The van der Waals surface area contributed by atoms with Crippen LogP contribution < -0.4 is 0 Å². The second-order valence-electron chi connectivity index (χ2n) is 11.6. The van der Waals surface area contributed by atoms with Gasteiger partial charge in [-0.15, -0.1) is 0 Å². The highest BCUT2D eigenvalue weighted by Gasteiger charge is 2.19. The van der Waals surface area contributed by atoms with Crippen LogP contribution in [0.15, 0.2) is 158 Å². The van der Waals surface area contributed by atoms with Crippen molar-refractivity contribution in [2.45, 2.75) is 0 Å². The van der Waals surface area contributed by atoms with E-state index in [9.17, 15) is 5.26 Å². The Hall–Kier alpha value is -6.88. The molecule has 0 fully saturated rings. The third-order valence-electron chi connectivity index (χ3n) is 8.79. The van der Waals surface area contributed by atoms with E-state index in [1.165, 1.54) is 0 Å². The smallest absolute Gasteiger partial charge is 0.190 e. The fraction of sp³-hybridized carbons (Fsp3) is 0. The summed E-state index contributed by atoms with van der Waals surface area (Å²) in [5.41, 5.74) is 11.3. The molecule has 0 spiro atoms.